The van der Waals surface area contributed by atoms with Crippen LogP contribution in [-0.2, 0) is 6.61 Å². The maximum absolute atomic E-state index is 5.81. The minimum atomic E-state index is 0.372. The van der Waals surface area contributed by atoms with E-state index in [0.717, 1.165) is 16.3 Å². The van der Waals surface area contributed by atoms with Crippen molar-refractivity contribution in [1.82, 2.24) is 4.98 Å². The van der Waals surface area contributed by atoms with Crippen molar-refractivity contribution in [3.63, 3.8) is 0 Å². The number of halogens is 1. The molecule has 0 saturated carbocycles. The summed E-state index contributed by atoms with van der Waals surface area (Å²) in [4.78, 5) is 5.39. The van der Waals surface area contributed by atoms with Crippen LogP contribution in [0.25, 0.3) is 10.8 Å². The Kier molecular flexibility index (Phi) is 3.53. The number of hydrogen-bond donors (Lipinski definition) is 0. The quantitative estimate of drug-likeness (QED) is 0.702. The molecule has 0 unspecified atom stereocenters. The van der Waals surface area contributed by atoms with Crippen molar-refractivity contribution >= 4 is 22.9 Å². The highest BCUT2D eigenvalue weighted by Crippen LogP contribution is 2.24. The van der Waals surface area contributed by atoms with Crippen molar-refractivity contribution in [2.45, 2.75) is 6.61 Å². The number of ether oxygens (including phenoxy) is 1. The monoisotopic (exact) mass is 291 g/mol. The molecule has 0 radical (unpaired) electrons. The van der Waals surface area contributed by atoms with Crippen molar-refractivity contribution in [3.05, 3.63) is 58.8 Å². The minimum Gasteiger partial charge on any atom is -0.487 e. The van der Waals surface area contributed by atoms with E-state index in [2.05, 4.69) is 4.98 Å². The van der Waals surface area contributed by atoms with E-state index in [4.69, 9.17) is 20.8 Å². The fourth-order valence-corrected chi connectivity index (χ4v) is 2.36. The largest absolute Gasteiger partial charge is 0.487 e. The summed E-state index contributed by atoms with van der Waals surface area (Å²) in [5.41, 5.74) is 0.762. The molecule has 1 aromatic carbocycles. The zero-order valence-electron chi connectivity index (χ0n) is 9.88. The van der Waals surface area contributed by atoms with Gasteiger partial charge in [-0.3, -0.25) is 0 Å². The molecule has 3 rings (SSSR count). The molecule has 0 aliphatic heterocycles. The van der Waals surface area contributed by atoms with E-state index >= 15 is 0 Å². The zero-order chi connectivity index (χ0) is 13.1. The van der Waals surface area contributed by atoms with Gasteiger partial charge in [0.15, 0.2) is 0 Å². The first-order valence-corrected chi connectivity index (χ1v) is 6.94. The number of hydrogen-bond acceptors (Lipinski definition) is 4. The van der Waals surface area contributed by atoms with Gasteiger partial charge in [0, 0.05) is 5.02 Å². The van der Waals surface area contributed by atoms with Crippen LogP contribution >= 0.6 is 22.9 Å². The molecule has 5 heteroatoms. The molecule has 2 heterocycles. The molecule has 0 bridgehead atoms. The van der Waals surface area contributed by atoms with Gasteiger partial charge in [-0.05, 0) is 35.7 Å². The smallest absolute Gasteiger partial charge is 0.236 e. The lowest BCUT2D eigenvalue weighted by Gasteiger charge is -2.02. The number of benzene rings is 1. The molecule has 2 aromatic heterocycles. The minimum absolute atomic E-state index is 0.372. The molecule has 0 atom stereocenters. The van der Waals surface area contributed by atoms with E-state index in [-0.39, 0.29) is 0 Å². The lowest BCUT2D eigenvalue weighted by Crippen LogP contribution is -1.95. The molecule has 0 saturated heterocycles. The Morgan fingerprint density at radius 1 is 1.21 bits per heavy atom. The van der Waals surface area contributed by atoms with Crippen molar-refractivity contribution < 1.29 is 9.15 Å². The van der Waals surface area contributed by atoms with E-state index in [1.165, 1.54) is 0 Å². The summed E-state index contributed by atoms with van der Waals surface area (Å²) in [5.74, 6) is 1.38. The van der Waals surface area contributed by atoms with Crippen molar-refractivity contribution in [3.8, 4) is 16.5 Å². The summed E-state index contributed by atoms with van der Waals surface area (Å²) >= 11 is 7.40. The van der Waals surface area contributed by atoms with Crippen molar-refractivity contribution in [2.75, 3.05) is 0 Å². The Bertz CT molecular complexity index is 646. The Balaban J connectivity index is 1.66. The summed E-state index contributed by atoms with van der Waals surface area (Å²) in [6, 6.07) is 11.2. The molecular formula is C14H10ClNO2S. The van der Waals surface area contributed by atoms with Crippen LogP contribution in [0.1, 0.15) is 5.69 Å². The molecule has 3 aromatic rings. The van der Waals surface area contributed by atoms with Crippen LogP contribution < -0.4 is 4.74 Å². The van der Waals surface area contributed by atoms with E-state index in [9.17, 15) is 0 Å². The topological polar surface area (TPSA) is 35.3 Å². The van der Waals surface area contributed by atoms with E-state index in [0.29, 0.717) is 17.5 Å². The average molecular weight is 292 g/mol. The molecule has 0 aliphatic rings. The van der Waals surface area contributed by atoms with E-state index in [1.54, 1.807) is 29.7 Å². The summed E-state index contributed by atoms with van der Waals surface area (Å²) in [6.07, 6.45) is 1.62. The third kappa shape index (κ3) is 2.97. The molecule has 96 valence electrons. The molecule has 3 nitrogen and oxygen atoms in total. The van der Waals surface area contributed by atoms with Crippen LogP contribution in [0.3, 0.4) is 0 Å². The van der Waals surface area contributed by atoms with Crippen LogP contribution in [0, 0.1) is 0 Å². The predicted molar refractivity (Wildman–Crippen MR) is 75.6 cm³/mol. The van der Waals surface area contributed by atoms with Gasteiger partial charge in [-0.1, -0.05) is 17.7 Å². The zero-order valence-corrected chi connectivity index (χ0v) is 11.4. The summed E-state index contributed by atoms with van der Waals surface area (Å²) in [7, 11) is 0. The molecular weight excluding hydrogens is 282 g/mol. The van der Waals surface area contributed by atoms with Crippen LogP contribution in [0.15, 0.2) is 52.5 Å². The number of aromatic nitrogens is 1. The lowest BCUT2D eigenvalue weighted by atomic mass is 10.3. The molecule has 0 aliphatic carbocycles. The molecule has 19 heavy (non-hydrogen) atoms. The van der Waals surface area contributed by atoms with Gasteiger partial charge in [0.1, 0.15) is 24.3 Å². The Labute approximate surface area is 119 Å². The second-order valence-electron chi connectivity index (χ2n) is 3.86. The highest BCUT2D eigenvalue weighted by Gasteiger charge is 2.07. The van der Waals surface area contributed by atoms with Gasteiger partial charge < -0.3 is 9.15 Å². The fraction of sp³-hybridized carbons (Fsp3) is 0.0714. The number of nitrogens with zero attached hydrogens (tertiary/aromatic N) is 1. The number of oxazole rings is 1. The molecule has 0 amide bonds. The fourth-order valence-electron chi connectivity index (χ4n) is 1.57. The van der Waals surface area contributed by atoms with Gasteiger partial charge in [-0.15, -0.1) is 11.3 Å². The first kappa shape index (κ1) is 12.3. The van der Waals surface area contributed by atoms with Gasteiger partial charge in [0.25, 0.3) is 0 Å². The highest BCUT2D eigenvalue weighted by atomic mass is 35.5. The number of thiophene rings is 1. The van der Waals surface area contributed by atoms with Crippen LogP contribution in [0.4, 0.5) is 0 Å². The van der Waals surface area contributed by atoms with Gasteiger partial charge in [-0.2, -0.15) is 0 Å². The third-order valence-electron chi connectivity index (χ3n) is 2.48. The van der Waals surface area contributed by atoms with Gasteiger partial charge in [-0.25, -0.2) is 4.98 Å². The first-order chi connectivity index (χ1) is 9.31. The summed E-state index contributed by atoms with van der Waals surface area (Å²) in [6.45, 7) is 0.372. The second-order valence-corrected chi connectivity index (χ2v) is 5.25. The SMILES string of the molecule is Clc1ccc(OCc2coc(-c3cccs3)n2)cc1. The van der Waals surface area contributed by atoms with Crippen LogP contribution in [0.5, 0.6) is 5.75 Å². The summed E-state index contributed by atoms with van der Waals surface area (Å²) in [5, 5.41) is 2.68. The Hall–Kier alpha value is -1.78. The standard InChI is InChI=1S/C14H10ClNO2S/c15-10-3-5-12(6-4-10)17-8-11-9-18-14(16-11)13-2-1-7-19-13/h1-7,9H,8H2. The van der Waals surface area contributed by atoms with Crippen molar-refractivity contribution in [2.24, 2.45) is 0 Å². The summed E-state index contributed by atoms with van der Waals surface area (Å²) < 4.78 is 11.0. The van der Waals surface area contributed by atoms with Gasteiger partial charge in [0.05, 0.1) is 4.88 Å². The van der Waals surface area contributed by atoms with E-state index in [1.807, 2.05) is 29.6 Å². The van der Waals surface area contributed by atoms with Crippen LogP contribution in [-0.4, -0.2) is 4.98 Å². The predicted octanol–water partition coefficient (Wildman–Crippen LogP) is 4.64. The first-order valence-electron chi connectivity index (χ1n) is 5.68. The normalized spacial score (nSPS) is 10.6. The highest BCUT2D eigenvalue weighted by molar-refractivity contribution is 7.13. The van der Waals surface area contributed by atoms with Gasteiger partial charge >= 0.3 is 0 Å². The molecule has 0 fully saturated rings. The van der Waals surface area contributed by atoms with Crippen LogP contribution in [0.2, 0.25) is 5.02 Å². The maximum Gasteiger partial charge on any atom is 0.236 e. The molecule has 0 N–H and O–H groups in total. The van der Waals surface area contributed by atoms with Gasteiger partial charge in [0.2, 0.25) is 5.89 Å². The van der Waals surface area contributed by atoms with Crippen molar-refractivity contribution in [1.29, 1.82) is 0 Å². The Morgan fingerprint density at radius 3 is 2.79 bits per heavy atom. The lowest BCUT2D eigenvalue weighted by molar-refractivity contribution is 0.301. The average Bonchev–Trinajstić information content (AvgIpc) is 3.09. The molecule has 0 spiro atoms. The number of rotatable bonds is 4. The second kappa shape index (κ2) is 5.47. The maximum atomic E-state index is 5.81. The Morgan fingerprint density at radius 2 is 2.05 bits per heavy atom. The van der Waals surface area contributed by atoms with E-state index < -0.39 is 0 Å². The third-order valence-corrected chi connectivity index (χ3v) is 3.59.